The van der Waals surface area contributed by atoms with Crippen LogP contribution in [-0.2, 0) is 7.05 Å². The highest BCUT2D eigenvalue weighted by Crippen LogP contribution is 2.33. The van der Waals surface area contributed by atoms with Crippen molar-refractivity contribution in [1.82, 2.24) is 0 Å². The fourth-order valence-electron chi connectivity index (χ4n) is 2.15. The van der Waals surface area contributed by atoms with Crippen molar-refractivity contribution in [2.24, 2.45) is 7.05 Å². The zero-order chi connectivity index (χ0) is 19.9. The average molecular weight is 268 g/mol. The standard InChI is InChI=1S/C17H16N3/c1-11-7-16(20(5)10-13(11)3)17-12(2)6-14(9-18)8-15(17)19-4/h6-8,10H,1-3,5H3/q+1/i1D3,3D3. The van der Waals surface area contributed by atoms with Crippen molar-refractivity contribution in [1.29, 1.82) is 5.26 Å². The number of pyridine rings is 1. The maximum Gasteiger partial charge on any atom is 0.202 e. The lowest BCUT2D eigenvalue weighted by atomic mass is 9.98. The van der Waals surface area contributed by atoms with Gasteiger partial charge >= 0.3 is 0 Å². The third-order valence-corrected chi connectivity index (χ3v) is 3.09. The zero-order valence-electron chi connectivity index (χ0n) is 17.2. The maximum atomic E-state index is 9.08. The lowest BCUT2D eigenvalue weighted by molar-refractivity contribution is -0.660. The highest BCUT2D eigenvalue weighted by atomic mass is 14.9. The van der Waals surface area contributed by atoms with Gasteiger partial charge in [-0.25, -0.2) is 9.41 Å². The van der Waals surface area contributed by atoms with Gasteiger partial charge in [0.2, 0.25) is 11.4 Å². The first-order valence-corrected chi connectivity index (χ1v) is 5.87. The van der Waals surface area contributed by atoms with Crippen LogP contribution in [0.5, 0.6) is 0 Å². The molecular weight excluding hydrogens is 246 g/mol. The van der Waals surface area contributed by atoms with E-state index >= 15 is 0 Å². The van der Waals surface area contributed by atoms with E-state index in [0.29, 0.717) is 22.4 Å². The van der Waals surface area contributed by atoms with Gasteiger partial charge in [0.1, 0.15) is 7.05 Å². The Bertz CT molecular complexity index is 959. The van der Waals surface area contributed by atoms with Gasteiger partial charge in [-0.3, -0.25) is 0 Å². The second-order valence-electron chi connectivity index (χ2n) is 4.51. The molecule has 0 aliphatic rings. The topological polar surface area (TPSA) is 32.0 Å². The van der Waals surface area contributed by atoms with Crippen molar-refractivity contribution < 1.29 is 12.8 Å². The van der Waals surface area contributed by atoms with Gasteiger partial charge in [0.25, 0.3) is 0 Å². The van der Waals surface area contributed by atoms with Crippen molar-refractivity contribution in [2.45, 2.75) is 20.6 Å². The highest BCUT2D eigenvalue weighted by molar-refractivity contribution is 5.79. The molecule has 0 aliphatic carbocycles. The quantitative estimate of drug-likeness (QED) is 0.575. The molecule has 20 heavy (non-hydrogen) atoms. The van der Waals surface area contributed by atoms with Crippen LogP contribution in [0.4, 0.5) is 5.69 Å². The number of hydrogen-bond donors (Lipinski definition) is 0. The van der Waals surface area contributed by atoms with E-state index in [1.807, 2.05) is 6.07 Å². The summed E-state index contributed by atoms with van der Waals surface area (Å²) in [6, 6.07) is 6.33. The molecule has 1 aromatic heterocycles. The van der Waals surface area contributed by atoms with Gasteiger partial charge in [-0.05, 0) is 43.9 Å². The largest absolute Gasteiger partial charge is 0.237 e. The number of hydrogen-bond acceptors (Lipinski definition) is 1. The minimum Gasteiger partial charge on any atom is -0.237 e. The van der Waals surface area contributed by atoms with Gasteiger partial charge in [0.05, 0.1) is 18.2 Å². The molecule has 0 radical (unpaired) electrons. The van der Waals surface area contributed by atoms with Gasteiger partial charge in [0, 0.05) is 25.4 Å². The molecule has 0 N–H and O–H groups in total. The van der Waals surface area contributed by atoms with Gasteiger partial charge < -0.3 is 0 Å². The molecular formula is C17H16N3+. The van der Waals surface area contributed by atoms with Crippen LogP contribution in [0.25, 0.3) is 16.1 Å². The fourth-order valence-corrected chi connectivity index (χ4v) is 2.15. The maximum absolute atomic E-state index is 9.08. The van der Waals surface area contributed by atoms with Crippen LogP contribution in [0.15, 0.2) is 24.4 Å². The average Bonchev–Trinajstić information content (AvgIpc) is 2.52. The molecule has 2 aromatic rings. The molecule has 0 atom stereocenters. The first kappa shape index (κ1) is 7.82. The van der Waals surface area contributed by atoms with Crippen molar-refractivity contribution in [2.75, 3.05) is 0 Å². The monoisotopic (exact) mass is 268 g/mol. The van der Waals surface area contributed by atoms with Crippen LogP contribution in [0.1, 0.15) is 30.5 Å². The van der Waals surface area contributed by atoms with Crippen LogP contribution in [0, 0.1) is 38.5 Å². The van der Waals surface area contributed by atoms with Crippen molar-refractivity contribution in [3.8, 4) is 17.3 Å². The minimum absolute atomic E-state index is 0.204. The number of aryl methyl sites for hydroxylation is 4. The summed E-state index contributed by atoms with van der Waals surface area (Å²) < 4.78 is 47.5. The summed E-state index contributed by atoms with van der Waals surface area (Å²) in [6.07, 6.45) is 1.27. The lowest BCUT2D eigenvalue weighted by Crippen LogP contribution is -2.31. The third kappa shape index (κ3) is 2.27. The lowest BCUT2D eigenvalue weighted by Gasteiger charge is -2.09. The second kappa shape index (κ2) is 5.15. The minimum atomic E-state index is -2.62. The van der Waals surface area contributed by atoms with E-state index in [-0.39, 0.29) is 16.8 Å². The van der Waals surface area contributed by atoms with E-state index in [0.717, 1.165) is 0 Å². The summed E-state index contributed by atoms with van der Waals surface area (Å²) in [6.45, 7) is 3.92. The Hall–Kier alpha value is -2.65. The molecule has 1 heterocycles. The van der Waals surface area contributed by atoms with Crippen molar-refractivity contribution in [3.05, 3.63) is 58.1 Å². The van der Waals surface area contributed by atoms with E-state index < -0.39 is 13.7 Å². The molecule has 0 fully saturated rings. The Morgan fingerprint density at radius 3 is 2.60 bits per heavy atom. The molecule has 0 spiro atoms. The molecule has 98 valence electrons. The van der Waals surface area contributed by atoms with Crippen LogP contribution < -0.4 is 4.57 Å². The van der Waals surface area contributed by atoms with E-state index in [1.165, 1.54) is 22.9 Å². The Kier molecular flexibility index (Phi) is 2.01. The van der Waals surface area contributed by atoms with Crippen molar-refractivity contribution >= 4 is 5.69 Å². The molecule has 3 nitrogen and oxygen atoms in total. The summed E-state index contributed by atoms with van der Waals surface area (Å²) in [4.78, 5) is 3.45. The van der Waals surface area contributed by atoms with Gasteiger partial charge in [0.15, 0.2) is 6.20 Å². The van der Waals surface area contributed by atoms with E-state index in [4.69, 9.17) is 20.1 Å². The Labute approximate surface area is 128 Å². The fraction of sp³-hybridized carbons (Fsp3) is 0.235. The van der Waals surface area contributed by atoms with Crippen molar-refractivity contribution in [3.63, 3.8) is 0 Å². The Morgan fingerprint density at radius 1 is 1.25 bits per heavy atom. The van der Waals surface area contributed by atoms with Gasteiger partial charge in [-0.15, -0.1) is 0 Å². The number of benzene rings is 1. The van der Waals surface area contributed by atoms with Crippen LogP contribution in [0.2, 0.25) is 0 Å². The molecule has 0 saturated carbocycles. The molecule has 0 unspecified atom stereocenters. The smallest absolute Gasteiger partial charge is 0.202 e. The number of rotatable bonds is 1. The summed E-state index contributed by atoms with van der Waals surface area (Å²) >= 11 is 0. The van der Waals surface area contributed by atoms with Gasteiger partial charge in [-0.1, -0.05) is 0 Å². The number of aromatic nitrogens is 1. The molecule has 2 rings (SSSR count). The predicted molar refractivity (Wildman–Crippen MR) is 78.2 cm³/mol. The number of nitriles is 1. The first-order valence-electron chi connectivity index (χ1n) is 8.87. The highest BCUT2D eigenvalue weighted by Gasteiger charge is 2.19. The zero-order valence-corrected chi connectivity index (χ0v) is 11.2. The summed E-state index contributed by atoms with van der Waals surface area (Å²) in [5, 5.41) is 9.08. The predicted octanol–water partition coefficient (Wildman–Crippen LogP) is 3.53. The Balaban J connectivity index is 2.90. The van der Waals surface area contributed by atoms with Gasteiger partial charge in [-0.2, -0.15) is 5.26 Å². The SMILES string of the molecule is [2H]C([2H])([2H])c1cc(-c2c(C)cc(C#N)cc2[N+]#[C-])[n+](C)cc1C([2H])([2H])[2H]. The van der Waals surface area contributed by atoms with Crippen LogP contribution in [0.3, 0.4) is 0 Å². The summed E-state index contributed by atoms with van der Waals surface area (Å²) in [5.41, 5.74) is 1.51. The molecule has 0 aliphatic heterocycles. The number of nitrogens with zero attached hydrogens (tertiary/aromatic N) is 3. The molecule has 1 aromatic carbocycles. The first-order chi connectivity index (χ1) is 11.9. The second-order valence-corrected chi connectivity index (χ2v) is 4.51. The third-order valence-electron chi connectivity index (χ3n) is 3.09. The van der Waals surface area contributed by atoms with E-state index in [9.17, 15) is 0 Å². The van der Waals surface area contributed by atoms with Crippen LogP contribution in [-0.4, -0.2) is 0 Å². The molecule has 0 amide bonds. The normalized spacial score (nSPS) is 15.6. The summed E-state index contributed by atoms with van der Waals surface area (Å²) in [7, 11) is 1.60. The van der Waals surface area contributed by atoms with Crippen LogP contribution >= 0.6 is 0 Å². The molecule has 0 bridgehead atoms. The summed E-state index contributed by atoms with van der Waals surface area (Å²) in [5.74, 6) is 0. The van der Waals surface area contributed by atoms with E-state index in [1.54, 1.807) is 20.0 Å². The van der Waals surface area contributed by atoms with E-state index in [2.05, 4.69) is 4.85 Å². The Morgan fingerprint density at radius 2 is 2.00 bits per heavy atom. The molecule has 0 saturated heterocycles. The molecule has 3 heteroatoms.